The summed E-state index contributed by atoms with van der Waals surface area (Å²) in [6.45, 7) is 6.41. The summed E-state index contributed by atoms with van der Waals surface area (Å²) >= 11 is 1.63. The van der Waals surface area contributed by atoms with Crippen molar-refractivity contribution in [3.63, 3.8) is 0 Å². The number of amides is 2. The summed E-state index contributed by atoms with van der Waals surface area (Å²) in [6, 6.07) is 10.1. The summed E-state index contributed by atoms with van der Waals surface area (Å²) in [6.07, 6.45) is 1.81. The molecule has 7 heteroatoms. The van der Waals surface area contributed by atoms with E-state index in [9.17, 15) is 4.79 Å². The van der Waals surface area contributed by atoms with Gasteiger partial charge in [-0.3, -0.25) is 0 Å². The van der Waals surface area contributed by atoms with Crippen LogP contribution in [0.1, 0.15) is 30.8 Å². The van der Waals surface area contributed by atoms with Crippen LogP contribution < -0.4 is 5.32 Å². The fraction of sp³-hybridized carbons (Fsp3) is 0.421. The average molecular weight is 369 g/mol. The van der Waals surface area contributed by atoms with Gasteiger partial charge in [-0.15, -0.1) is 5.10 Å². The molecule has 0 saturated carbocycles. The summed E-state index contributed by atoms with van der Waals surface area (Å²) in [5, 5.41) is 7.72. The highest BCUT2D eigenvalue weighted by atomic mass is 32.1. The number of nitrogens with one attached hydrogen (secondary N) is 1. The van der Waals surface area contributed by atoms with Crippen LogP contribution in [0.25, 0.3) is 16.3 Å². The van der Waals surface area contributed by atoms with Crippen LogP contribution in [0.15, 0.2) is 30.3 Å². The molecule has 0 atom stereocenters. The second-order valence-electron chi connectivity index (χ2n) is 7.05. The SMILES string of the molecule is CC(C)CCNC(=O)N1CCc2c(sc3nc(-c4ccccc4)nn23)C1. The first-order chi connectivity index (χ1) is 12.6. The highest BCUT2D eigenvalue weighted by Gasteiger charge is 2.26. The Bertz CT molecular complexity index is 915. The van der Waals surface area contributed by atoms with Crippen molar-refractivity contribution in [3.05, 3.63) is 40.9 Å². The van der Waals surface area contributed by atoms with Gasteiger partial charge in [0.25, 0.3) is 0 Å². The van der Waals surface area contributed by atoms with Crippen molar-refractivity contribution < 1.29 is 4.79 Å². The van der Waals surface area contributed by atoms with E-state index in [1.54, 1.807) is 11.3 Å². The molecule has 0 unspecified atom stereocenters. The topological polar surface area (TPSA) is 62.5 Å². The van der Waals surface area contributed by atoms with Gasteiger partial charge in [-0.05, 0) is 12.3 Å². The molecule has 0 spiro atoms. The number of carbonyl (C=O) groups is 1. The summed E-state index contributed by atoms with van der Waals surface area (Å²) in [5.74, 6) is 1.35. The van der Waals surface area contributed by atoms with Crippen molar-refractivity contribution in [3.8, 4) is 11.4 Å². The standard InChI is InChI=1S/C19H23N5OS/c1-13(2)8-10-20-18(25)23-11-9-15-16(12-23)26-19-21-17(22-24(15)19)14-6-4-3-5-7-14/h3-7,13H,8-12H2,1-2H3,(H,20,25). The molecule has 3 heterocycles. The van der Waals surface area contributed by atoms with E-state index in [2.05, 4.69) is 24.1 Å². The lowest BCUT2D eigenvalue weighted by molar-refractivity contribution is 0.192. The zero-order valence-electron chi connectivity index (χ0n) is 15.1. The maximum absolute atomic E-state index is 12.4. The number of carbonyl (C=O) groups excluding carboxylic acids is 1. The predicted octanol–water partition coefficient (Wildman–Crippen LogP) is 3.57. The predicted molar refractivity (Wildman–Crippen MR) is 103 cm³/mol. The minimum Gasteiger partial charge on any atom is -0.338 e. The molecule has 1 aliphatic heterocycles. The summed E-state index contributed by atoms with van der Waals surface area (Å²) in [4.78, 5) is 21.0. The van der Waals surface area contributed by atoms with Crippen molar-refractivity contribution in [1.29, 1.82) is 0 Å². The summed E-state index contributed by atoms with van der Waals surface area (Å²) in [7, 11) is 0. The van der Waals surface area contributed by atoms with Gasteiger partial charge in [-0.25, -0.2) is 9.31 Å². The van der Waals surface area contributed by atoms with Gasteiger partial charge < -0.3 is 10.2 Å². The highest BCUT2D eigenvalue weighted by molar-refractivity contribution is 7.17. The molecule has 0 bridgehead atoms. The average Bonchev–Trinajstić information content (AvgIpc) is 3.19. The molecule has 0 saturated heterocycles. The maximum Gasteiger partial charge on any atom is 0.317 e. The first-order valence-electron chi connectivity index (χ1n) is 9.07. The number of urea groups is 1. The van der Waals surface area contributed by atoms with Crippen molar-refractivity contribution in [2.24, 2.45) is 5.92 Å². The van der Waals surface area contributed by atoms with Gasteiger partial charge in [0.15, 0.2) is 5.82 Å². The van der Waals surface area contributed by atoms with E-state index in [1.807, 2.05) is 39.7 Å². The Morgan fingerprint density at radius 1 is 1.31 bits per heavy atom. The number of hydrogen-bond acceptors (Lipinski definition) is 4. The number of rotatable bonds is 4. The summed E-state index contributed by atoms with van der Waals surface area (Å²) < 4.78 is 1.95. The fourth-order valence-electron chi connectivity index (χ4n) is 3.15. The molecule has 1 N–H and O–H groups in total. The number of hydrogen-bond donors (Lipinski definition) is 1. The van der Waals surface area contributed by atoms with E-state index < -0.39 is 0 Å². The lowest BCUT2D eigenvalue weighted by Gasteiger charge is -2.26. The van der Waals surface area contributed by atoms with Crippen LogP contribution in [-0.2, 0) is 13.0 Å². The molecule has 26 heavy (non-hydrogen) atoms. The van der Waals surface area contributed by atoms with E-state index in [1.165, 1.54) is 10.6 Å². The molecule has 2 amide bonds. The van der Waals surface area contributed by atoms with Gasteiger partial charge in [0.2, 0.25) is 4.96 Å². The van der Waals surface area contributed by atoms with E-state index >= 15 is 0 Å². The van der Waals surface area contributed by atoms with E-state index in [0.29, 0.717) is 19.0 Å². The minimum absolute atomic E-state index is 0.0280. The molecule has 3 aromatic rings. The Balaban J connectivity index is 1.49. The van der Waals surface area contributed by atoms with Crippen LogP contribution in [0.3, 0.4) is 0 Å². The first-order valence-corrected chi connectivity index (χ1v) is 9.89. The van der Waals surface area contributed by atoms with E-state index in [0.717, 1.165) is 35.7 Å². The van der Waals surface area contributed by atoms with Gasteiger partial charge >= 0.3 is 6.03 Å². The zero-order valence-corrected chi connectivity index (χ0v) is 15.9. The molecule has 1 aliphatic rings. The smallest absolute Gasteiger partial charge is 0.317 e. The maximum atomic E-state index is 12.4. The van der Waals surface area contributed by atoms with Crippen LogP contribution in [-0.4, -0.2) is 38.6 Å². The molecule has 136 valence electrons. The van der Waals surface area contributed by atoms with Crippen molar-refractivity contribution in [2.45, 2.75) is 33.2 Å². The fourth-order valence-corrected chi connectivity index (χ4v) is 4.27. The van der Waals surface area contributed by atoms with Crippen molar-refractivity contribution in [2.75, 3.05) is 13.1 Å². The van der Waals surface area contributed by atoms with Crippen LogP contribution in [0.2, 0.25) is 0 Å². The van der Waals surface area contributed by atoms with Crippen molar-refractivity contribution in [1.82, 2.24) is 24.8 Å². The Morgan fingerprint density at radius 3 is 2.88 bits per heavy atom. The molecule has 2 aromatic heterocycles. The molecule has 6 nitrogen and oxygen atoms in total. The number of benzene rings is 1. The lowest BCUT2D eigenvalue weighted by atomic mass is 10.1. The monoisotopic (exact) mass is 369 g/mol. The third-order valence-corrected chi connectivity index (χ3v) is 5.70. The Hall–Kier alpha value is -2.41. The molecule has 0 aliphatic carbocycles. The van der Waals surface area contributed by atoms with Gasteiger partial charge in [0.1, 0.15) is 0 Å². The van der Waals surface area contributed by atoms with Gasteiger partial charge in [0, 0.05) is 30.0 Å². The molecule has 0 fully saturated rings. The first kappa shape index (κ1) is 17.0. The molecular weight excluding hydrogens is 346 g/mol. The molecule has 0 radical (unpaired) electrons. The van der Waals surface area contributed by atoms with E-state index in [4.69, 9.17) is 5.10 Å². The largest absolute Gasteiger partial charge is 0.338 e. The normalized spacial score (nSPS) is 14.0. The Morgan fingerprint density at radius 2 is 2.12 bits per heavy atom. The summed E-state index contributed by atoms with van der Waals surface area (Å²) in [5.41, 5.74) is 2.21. The Labute approximate surface area is 156 Å². The van der Waals surface area contributed by atoms with Gasteiger partial charge in [0.05, 0.1) is 12.2 Å². The number of nitrogens with zero attached hydrogens (tertiary/aromatic N) is 4. The van der Waals surface area contributed by atoms with Crippen LogP contribution in [0.4, 0.5) is 4.79 Å². The second kappa shape index (κ2) is 7.07. The second-order valence-corrected chi connectivity index (χ2v) is 8.12. The van der Waals surface area contributed by atoms with Gasteiger partial charge in [-0.2, -0.15) is 4.98 Å². The van der Waals surface area contributed by atoms with Crippen LogP contribution >= 0.6 is 11.3 Å². The lowest BCUT2D eigenvalue weighted by Crippen LogP contribution is -2.43. The number of fused-ring (bicyclic) bond motifs is 3. The van der Waals surface area contributed by atoms with Crippen LogP contribution in [0, 0.1) is 5.92 Å². The molecule has 1 aromatic carbocycles. The number of aromatic nitrogens is 3. The zero-order chi connectivity index (χ0) is 18.1. The van der Waals surface area contributed by atoms with Crippen molar-refractivity contribution >= 4 is 22.3 Å². The third-order valence-electron chi connectivity index (χ3n) is 4.64. The highest BCUT2D eigenvalue weighted by Crippen LogP contribution is 2.29. The third kappa shape index (κ3) is 3.31. The quantitative estimate of drug-likeness (QED) is 0.765. The van der Waals surface area contributed by atoms with E-state index in [-0.39, 0.29) is 6.03 Å². The molecular formula is C19H23N5OS. The van der Waals surface area contributed by atoms with Gasteiger partial charge in [-0.1, -0.05) is 55.5 Å². The number of thiazole rings is 1. The van der Waals surface area contributed by atoms with Crippen LogP contribution in [0.5, 0.6) is 0 Å². The molecule has 4 rings (SSSR count). The Kier molecular flexibility index (Phi) is 4.63. The minimum atomic E-state index is 0.0280.